The van der Waals surface area contributed by atoms with Gasteiger partial charge in [-0.2, -0.15) is 0 Å². The van der Waals surface area contributed by atoms with Crippen molar-refractivity contribution in [1.29, 1.82) is 0 Å². The summed E-state index contributed by atoms with van der Waals surface area (Å²) < 4.78 is 125. The first-order chi connectivity index (χ1) is 29.7. The van der Waals surface area contributed by atoms with Gasteiger partial charge in [0.15, 0.2) is 0 Å². The molecule has 0 amide bonds. The van der Waals surface area contributed by atoms with Gasteiger partial charge in [0, 0.05) is 24.2 Å². The Bertz CT molecular complexity index is 2350. The number of nitrogens with one attached hydrogen (secondary N) is 4. The molecule has 64 heavy (non-hydrogen) atoms. The lowest BCUT2D eigenvalue weighted by Gasteiger charge is -2.33. The summed E-state index contributed by atoms with van der Waals surface area (Å²) in [4.78, 5) is -0.0878. The summed E-state index contributed by atoms with van der Waals surface area (Å²) >= 11 is 0. The van der Waals surface area contributed by atoms with Gasteiger partial charge in [-0.05, 0) is 113 Å². The van der Waals surface area contributed by atoms with Crippen molar-refractivity contribution < 1.29 is 33.7 Å². The van der Waals surface area contributed by atoms with Crippen LogP contribution in [-0.4, -0.2) is 57.8 Å². The van der Waals surface area contributed by atoms with E-state index < -0.39 is 64.3 Å². The molecule has 0 radical (unpaired) electrons. The topological polar surface area (TPSA) is 185 Å². The molecule has 2 aliphatic rings. The van der Waals surface area contributed by atoms with E-state index in [0.29, 0.717) is 51.4 Å². The average Bonchev–Trinajstić information content (AvgIpc) is 3.20. The molecule has 5 rings (SSSR count). The smallest absolute Gasteiger partial charge is 0.207 e. The normalized spacial score (nSPS) is 20.7. The van der Waals surface area contributed by atoms with E-state index in [2.05, 4.69) is 46.6 Å². The van der Waals surface area contributed by atoms with Crippen LogP contribution in [0.3, 0.4) is 0 Å². The van der Waals surface area contributed by atoms with Crippen LogP contribution in [0.25, 0.3) is 0 Å². The minimum Gasteiger partial charge on any atom is -0.207 e. The summed E-state index contributed by atoms with van der Waals surface area (Å²) in [6, 6.07) is 9.86. The Kier molecular flexibility index (Phi) is 16.9. The molecule has 358 valence electrons. The quantitative estimate of drug-likeness (QED) is 0.0971. The number of hydrogen-bond donors (Lipinski definition) is 4. The lowest BCUT2D eigenvalue weighted by Crippen LogP contribution is -2.53. The zero-order valence-corrected chi connectivity index (χ0v) is 43.2. The maximum Gasteiger partial charge on any atom is 0.241 e. The van der Waals surface area contributed by atoms with Crippen LogP contribution < -0.4 is 18.9 Å². The average molecular weight is 963 g/mol. The molecule has 0 aromatic heterocycles. The molecule has 3 aromatic rings. The molecular weight excluding hydrogens is 889 g/mol. The van der Waals surface area contributed by atoms with Crippen LogP contribution >= 0.6 is 0 Å². The monoisotopic (exact) mass is 962 g/mol. The van der Waals surface area contributed by atoms with Crippen molar-refractivity contribution in [2.75, 3.05) is 0 Å². The predicted molar refractivity (Wildman–Crippen MR) is 257 cm³/mol. The zero-order valence-electron chi connectivity index (χ0n) is 39.9. The highest BCUT2D eigenvalue weighted by atomic mass is 32.2. The lowest BCUT2D eigenvalue weighted by atomic mass is 9.89. The summed E-state index contributed by atoms with van der Waals surface area (Å²) in [7, 11) is -16.9. The van der Waals surface area contributed by atoms with Crippen molar-refractivity contribution in [2.45, 2.75) is 214 Å². The van der Waals surface area contributed by atoms with Gasteiger partial charge >= 0.3 is 0 Å². The van der Waals surface area contributed by atoms with Crippen molar-refractivity contribution in [3.63, 3.8) is 0 Å². The van der Waals surface area contributed by atoms with Gasteiger partial charge in [-0.3, -0.25) is 0 Å². The van der Waals surface area contributed by atoms with E-state index >= 15 is 0 Å². The fourth-order valence-electron chi connectivity index (χ4n) is 9.09. The van der Waals surface area contributed by atoms with Crippen molar-refractivity contribution in [3.05, 3.63) is 81.9 Å². The third-order valence-electron chi connectivity index (χ3n) is 12.9. The molecule has 4 N–H and O–H groups in total. The molecule has 0 aliphatic heterocycles. The first-order valence-corrected chi connectivity index (χ1v) is 29.1. The summed E-state index contributed by atoms with van der Waals surface area (Å²) in [5.74, 6) is 0.0506. The van der Waals surface area contributed by atoms with Gasteiger partial charge in [0.05, 0.1) is 19.6 Å². The van der Waals surface area contributed by atoms with Gasteiger partial charge in [0.2, 0.25) is 40.1 Å². The highest BCUT2D eigenvalue weighted by Crippen LogP contribution is 2.38. The van der Waals surface area contributed by atoms with Gasteiger partial charge in [-0.1, -0.05) is 139 Å². The third-order valence-corrected chi connectivity index (χ3v) is 19.1. The molecule has 4 atom stereocenters. The van der Waals surface area contributed by atoms with Crippen LogP contribution in [0.15, 0.2) is 68.1 Å². The molecular formula is C48H74N4O8S4. The van der Waals surface area contributed by atoms with Gasteiger partial charge < -0.3 is 0 Å². The number of rotatable bonds is 18. The lowest BCUT2D eigenvalue weighted by molar-refractivity contribution is 0.339. The summed E-state index contributed by atoms with van der Waals surface area (Å²) in [5.41, 5.74) is 4.99. The van der Waals surface area contributed by atoms with E-state index in [4.69, 9.17) is 0 Å². The molecule has 0 bridgehead atoms. The van der Waals surface area contributed by atoms with Crippen molar-refractivity contribution in [1.82, 2.24) is 18.9 Å². The molecule has 3 aromatic carbocycles. The largest absolute Gasteiger partial charge is 0.241 e. The van der Waals surface area contributed by atoms with Crippen LogP contribution in [0.5, 0.6) is 0 Å². The molecule has 0 saturated heterocycles. The third kappa shape index (κ3) is 12.1. The molecule has 0 spiro atoms. The molecule has 2 fully saturated rings. The highest BCUT2D eigenvalue weighted by Gasteiger charge is 2.38. The fourth-order valence-corrected chi connectivity index (χ4v) is 15.9. The first-order valence-electron chi connectivity index (χ1n) is 23.2. The van der Waals surface area contributed by atoms with Gasteiger partial charge in [-0.15, -0.1) is 0 Å². The highest BCUT2D eigenvalue weighted by molar-refractivity contribution is 7.90. The molecule has 2 saturated carbocycles. The molecule has 12 nitrogen and oxygen atoms in total. The van der Waals surface area contributed by atoms with E-state index in [9.17, 15) is 33.7 Å². The van der Waals surface area contributed by atoms with Crippen molar-refractivity contribution in [3.8, 4) is 0 Å². The number of sulfonamides is 4. The number of benzene rings is 3. The van der Waals surface area contributed by atoms with Crippen LogP contribution in [0.4, 0.5) is 0 Å². The number of hydrogen-bond acceptors (Lipinski definition) is 8. The Labute approximate surface area is 386 Å². The maximum atomic E-state index is 14.4. The molecule has 2 aliphatic carbocycles. The Morgan fingerprint density at radius 2 is 0.625 bits per heavy atom. The predicted octanol–water partition coefficient (Wildman–Crippen LogP) is 9.56. The van der Waals surface area contributed by atoms with E-state index in [1.54, 1.807) is 0 Å². The molecule has 16 heteroatoms. The summed E-state index contributed by atoms with van der Waals surface area (Å²) in [6.07, 6.45) is 4.33. The second-order valence-corrected chi connectivity index (χ2v) is 26.7. The van der Waals surface area contributed by atoms with Gasteiger partial charge in [0.25, 0.3) is 0 Å². The van der Waals surface area contributed by atoms with E-state index in [1.165, 1.54) is 18.2 Å². The van der Waals surface area contributed by atoms with E-state index in [-0.39, 0.29) is 55.1 Å². The zero-order chi connectivity index (χ0) is 47.7. The minimum absolute atomic E-state index is 0.0850. The van der Waals surface area contributed by atoms with Crippen LogP contribution in [-0.2, 0) is 40.1 Å². The van der Waals surface area contributed by atoms with E-state index in [0.717, 1.165) is 39.4 Å². The Balaban J connectivity index is 1.39. The summed E-state index contributed by atoms with van der Waals surface area (Å²) in [6.45, 7) is 24.1. The van der Waals surface area contributed by atoms with Crippen molar-refractivity contribution in [2.24, 2.45) is 0 Å². The Hall–Kier alpha value is -2.70. The van der Waals surface area contributed by atoms with Crippen LogP contribution in [0.2, 0.25) is 0 Å². The Morgan fingerprint density at radius 3 is 0.859 bits per heavy atom. The van der Waals surface area contributed by atoms with E-state index in [1.807, 2.05) is 79.7 Å². The van der Waals surface area contributed by atoms with Crippen molar-refractivity contribution >= 4 is 40.1 Å². The maximum absolute atomic E-state index is 14.4. The second-order valence-electron chi connectivity index (χ2n) is 19.9. The van der Waals surface area contributed by atoms with Crippen LogP contribution in [0, 0.1) is 0 Å². The summed E-state index contributed by atoms with van der Waals surface area (Å²) in [5, 5.41) is 0. The SMILES string of the molecule is CC(C)c1cc(C(C)C)c(S(=O)(=O)N[C@@H]2CCCC[C@H]2NS(=O)(=O)c2cccc(S(=O)(=O)N[C@@H]3CCCC[C@H]3NS(=O)(=O)c3c(C(C)C)cc(C(C)C)cc3C(C)C)c2)c(C(C)C)c1. The standard InChI is InChI=1S/C48H74N4O8S4/c1-29(2)35-24-39(31(5)6)47(40(25-35)32(7)8)63(57,58)51-45-22-15-13-20-43(45)49-61(53,54)37-18-17-19-38(28-37)62(55,56)50-44-21-14-16-23-46(44)52-64(59,60)48-41(33(9)10)26-36(30(3)4)27-42(48)34(11)12/h17-19,24-34,43-46,49-52H,13-16,20-23H2,1-12H3/t43-,44-,45-,46-/m1/s1. The van der Waals surface area contributed by atoms with Crippen LogP contribution in [0.1, 0.15) is 203 Å². The fraction of sp³-hybridized carbons (Fsp3) is 0.625. The van der Waals surface area contributed by atoms with Gasteiger partial charge in [0.1, 0.15) is 0 Å². The first kappa shape index (κ1) is 52.3. The Morgan fingerprint density at radius 1 is 0.375 bits per heavy atom. The second kappa shape index (κ2) is 20.7. The molecule has 0 unspecified atom stereocenters. The molecule has 0 heterocycles. The van der Waals surface area contributed by atoms with Gasteiger partial charge in [-0.25, -0.2) is 52.6 Å². The minimum atomic E-state index is -4.35.